The van der Waals surface area contributed by atoms with E-state index in [-0.39, 0.29) is 5.69 Å². The maximum Gasteiger partial charge on any atom is 0.364 e. The van der Waals surface area contributed by atoms with Gasteiger partial charge in [-0.15, -0.1) is 9.89 Å². The van der Waals surface area contributed by atoms with Gasteiger partial charge in [-0.2, -0.15) is 0 Å². The molecular weight excluding hydrogens is 192 g/mol. The van der Waals surface area contributed by atoms with E-state index >= 15 is 0 Å². The molecule has 0 aliphatic heterocycles. The zero-order valence-electron chi connectivity index (χ0n) is 8.42. The lowest BCUT2D eigenvalue weighted by Gasteiger charge is -2.03. The first-order valence-electron chi connectivity index (χ1n) is 4.66. The molecule has 0 atom stereocenters. The van der Waals surface area contributed by atoms with Crippen molar-refractivity contribution in [3.8, 4) is 0 Å². The summed E-state index contributed by atoms with van der Waals surface area (Å²) in [4.78, 5) is 12.6. The summed E-state index contributed by atoms with van der Waals surface area (Å²) < 4.78 is 1.41. The van der Waals surface area contributed by atoms with E-state index in [4.69, 9.17) is 0 Å². The molecule has 0 saturated heterocycles. The monoisotopic (exact) mass is 204 g/mol. The summed E-state index contributed by atoms with van der Waals surface area (Å²) in [6, 6.07) is 9.84. The van der Waals surface area contributed by atoms with Gasteiger partial charge in [-0.1, -0.05) is 30.3 Å². The van der Waals surface area contributed by atoms with Crippen molar-refractivity contribution in [3.63, 3.8) is 0 Å². The number of hydrogen-bond acceptors (Lipinski definition) is 3. The van der Waals surface area contributed by atoms with Gasteiger partial charge in [-0.3, -0.25) is 4.57 Å². The predicted octanol–water partition coefficient (Wildman–Crippen LogP) is 0.325. The topological polar surface area (TPSA) is 51.9 Å². The first kappa shape index (κ1) is 9.51. The number of aryl methyl sites for hydroxylation is 1. The molecule has 0 aliphatic rings. The van der Waals surface area contributed by atoms with Crippen LogP contribution in [0.2, 0.25) is 0 Å². The van der Waals surface area contributed by atoms with Gasteiger partial charge in [0.15, 0.2) is 0 Å². The first-order chi connectivity index (χ1) is 7.27. The van der Waals surface area contributed by atoms with E-state index in [1.165, 1.54) is 15.7 Å². The van der Waals surface area contributed by atoms with Crippen LogP contribution in [-0.4, -0.2) is 14.5 Å². The lowest BCUT2D eigenvalue weighted by Crippen LogP contribution is -2.30. The molecule has 0 fully saturated rings. The quantitative estimate of drug-likeness (QED) is 0.783. The van der Waals surface area contributed by atoms with Crippen LogP contribution in [0.15, 0.2) is 41.5 Å². The van der Waals surface area contributed by atoms with Crippen molar-refractivity contribution >= 4 is 0 Å². The maximum atomic E-state index is 11.4. The standard InChI is InChI=1S/C10H12N4O/c1-13-8-12-14(10(13)15)11-7-9-5-3-2-4-6-9/h2-6,8,11H,7H2,1H3. The number of aromatic nitrogens is 3. The number of benzene rings is 1. The van der Waals surface area contributed by atoms with E-state index in [9.17, 15) is 4.79 Å². The molecule has 5 nitrogen and oxygen atoms in total. The number of nitrogens with one attached hydrogen (secondary N) is 1. The van der Waals surface area contributed by atoms with Crippen molar-refractivity contribution in [2.24, 2.45) is 7.05 Å². The van der Waals surface area contributed by atoms with E-state index < -0.39 is 0 Å². The van der Waals surface area contributed by atoms with Crippen LogP contribution >= 0.6 is 0 Å². The predicted molar refractivity (Wildman–Crippen MR) is 57.0 cm³/mol. The van der Waals surface area contributed by atoms with Gasteiger partial charge >= 0.3 is 5.69 Å². The number of nitrogens with zero attached hydrogens (tertiary/aromatic N) is 3. The summed E-state index contributed by atoms with van der Waals surface area (Å²) in [6.45, 7) is 0.581. The van der Waals surface area contributed by atoms with Gasteiger partial charge in [0.1, 0.15) is 6.33 Å². The molecule has 2 aromatic rings. The second-order valence-corrected chi connectivity index (χ2v) is 3.26. The maximum absolute atomic E-state index is 11.4. The Morgan fingerprint density at radius 1 is 1.33 bits per heavy atom. The average molecular weight is 204 g/mol. The van der Waals surface area contributed by atoms with Crippen LogP contribution < -0.4 is 11.1 Å². The van der Waals surface area contributed by atoms with Crippen LogP contribution in [-0.2, 0) is 13.6 Å². The molecule has 0 aliphatic carbocycles. The van der Waals surface area contributed by atoms with Crippen LogP contribution in [0, 0.1) is 0 Å². The van der Waals surface area contributed by atoms with Gasteiger partial charge in [0.25, 0.3) is 0 Å². The van der Waals surface area contributed by atoms with E-state index in [0.29, 0.717) is 6.54 Å². The SMILES string of the molecule is Cn1cnn(NCc2ccccc2)c1=O. The van der Waals surface area contributed by atoms with Crippen LogP contribution in [0.1, 0.15) is 5.56 Å². The molecule has 78 valence electrons. The number of hydrogen-bond donors (Lipinski definition) is 1. The zero-order valence-corrected chi connectivity index (χ0v) is 8.42. The molecule has 0 radical (unpaired) electrons. The summed E-state index contributed by atoms with van der Waals surface area (Å²) in [7, 11) is 1.66. The van der Waals surface area contributed by atoms with Gasteiger partial charge in [-0.05, 0) is 5.56 Å². The molecule has 0 saturated carbocycles. The molecule has 0 amide bonds. The minimum Gasteiger partial charge on any atom is -0.301 e. The second kappa shape index (κ2) is 4.00. The van der Waals surface area contributed by atoms with Crippen LogP contribution in [0.25, 0.3) is 0 Å². The smallest absolute Gasteiger partial charge is 0.301 e. The minimum absolute atomic E-state index is 0.175. The highest BCUT2D eigenvalue weighted by Gasteiger charge is 1.99. The van der Waals surface area contributed by atoms with Crippen molar-refractivity contribution in [3.05, 3.63) is 52.7 Å². The Labute approximate surface area is 86.9 Å². The summed E-state index contributed by atoms with van der Waals surface area (Å²) in [5.74, 6) is 0. The molecule has 0 unspecified atom stereocenters. The van der Waals surface area contributed by atoms with Gasteiger partial charge in [-0.25, -0.2) is 4.79 Å². The highest BCUT2D eigenvalue weighted by Crippen LogP contribution is 1.97. The van der Waals surface area contributed by atoms with E-state index in [0.717, 1.165) is 5.56 Å². The summed E-state index contributed by atoms with van der Waals surface area (Å²) >= 11 is 0. The van der Waals surface area contributed by atoms with Crippen molar-refractivity contribution in [1.82, 2.24) is 14.5 Å². The third-order valence-corrected chi connectivity index (χ3v) is 2.10. The molecule has 1 aromatic carbocycles. The van der Waals surface area contributed by atoms with E-state index in [2.05, 4.69) is 10.5 Å². The Kier molecular flexibility index (Phi) is 2.53. The van der Waals surface area contributed by atoms with E-state index in [1.807, 2.05) is 30.3 Å². The average Bonchev–Trinajstić information content (AvgIpc) is 2.59. The van der Waals surface area contributed by atoms with Crippen molar-refractivity contribution in [2.45, 2.75) is 6.54 Å². The molecule has 15 heavy (non-hydrogen) atoms. The van der Waals surface area contributed by atoms with Gasteiger partial charge in [0.05, 0.1) is 6.54 Å². The Hall–Kier alpha value is -2.04. The Morgan fingerprint density at radius 3 is 2.67 bits per heavy atom. The van der Waals surface area contributed by atoms with E-state index in [1.54, 1.807) is 7.05 Å². The third kappa shape index (κ3) is 2.07. The zero-order chi connectivity index (χ0) is 10.7. The first-order valence-corrected chi connectivity index (χ1v) is 4.66. The lowest BCUT2D eigenvalue weighted by molar-refractivity contribution is 0.689. The highest BCUT2D eigenvalue weighted by molar-refractivity contribution is 5.15. The van der Waals surface area contributed by atoms with Crippen LogP contribution in [0.3, 0.4) is 0 Å². The summed E-state index contributed by atoms with van der Waals surface area (Å²) in [6.07, 6.45) is 1.47. The van der Waals surface area contributed by atoms with Crippen LogP contribution in [0.5, 0.6) is 0 Å². The van der Waals surface area contributed by atoms with Crippen molar-refractivity contribution in [1.29, 1.82) is 0 Å². The molecule has 1 aromatic heterocycles. The Balaban J connectivity index is 2.06. The van der Waals surface area contributed by atoms with Gasteiger partial charge in [0, 0.05) is 7.05 Å². The molecular formula is C10H12N4O. The fourth-order valence-corrected chi connectivity index (χ4v) is 1.25. The van der Waals surface area contributed by atoms with Crippen molar-refractivity contribution in [2.75, 3.05) is 5.43 Å². The fourth-order valence-electron chi connectivity index (χ4n) is 1.25. The van der Waals surface area contributed by atoms with Crippen LogP contribution in [0.4, 0.5) is 0 Å². The summed E-state index contributed by atoms with van der Waals surface area (Å²) in [5, 5.41) is 3.89. The largest absolute Gasteiger partial charge is 0.364 e. The summed E-state index contributed by atoms with van der Waals surface area (Å²) in [5.41, 5.74) is 3.85. The number of rotatable bonds is 3. The minimum atomic E-state index is -0.175. The molecule has 5 heteroatoms. The normalized spacial score (nSPS) is 10.2. The fraction of sp³-hybridized carbons (Fsp3) is 0.200. The third-order valence-electron chi connectivity index (χ3n) is 2.10. The second-order valence-electron chi connectivity index (χ2n) is 3.26. The van der Waals surface area contributed by atoms with Gasteiger partial charge < -0.3 is 5.43 Å². The Bertz CT molecular complexity index is 486. The Morgan fingerprint density at radius 2 is 2.07 bits per heavy atom. The highest BCUT2D eigenvalue weighted by atomic mass is 16.2. The van der Waals surface area contributed by atoms with Gasteiger partial charge in [0.2, 0.25) is 0 Å². The van der Waals surface area contributed by atoms with Crippen molar-refractivity contribution < 1.29 is 0 Å². The molecule has 0 spiro atoms. The lowest BCUT2D eigenvalue weighted by atomic mass is 10.2. The molecule has 2 rings (SSSR count). The molecule has 1 heterocycles. The molecule has 1 N–H and O–H groups in total. The molecule has 0 bridgehead atoms.